The summed E-state index contributed by atoms with van der Waals surface area (Å²) in [6.45, 7) is 4.46. The molecule has 0 unspecified atom stereocenters. The Morgan fingerprint density at radius 2 is 1.70 bits per heavy atom. The van der Waals surface area contributed by atoms with E-state index >= 15 is 0 Å². The van der Waals surface area contributed by atoms with Crippen LogP contribution in [0.1, 0.15) is 57.1 Å². The van der Waals surface area contributed by atoms with Crippen molar-refractivity contribution in [1.29, 1.82) is 0 Å². The van der Waals surface area contributed by atoms with Gasteiger partial charge in [-0.3, -0.25) is 4.79 Å². The largest absolute Gasteiger partial charge is 0.353 e. The molecule has 0 bridgehead atoms. The van der Waals surface area contributed by atoms with E-state index in [4.69, 9.17) is 0 Å². The highest BCUT2D eigenvalue weighted by Gasteiger charge is 2.15. The summed E-state index contributed by atoms with van der Waals surface area (Å²) in [6.07, 6.45) is 7.76. The zero-order chi connectivity index (χ0) is 14.4. The second-order valence-electron chi connectivity index (χ2n) is 6.49. The summed E-state index contributed by atoms with van der Waals surface area (Å²) in [5.41, 5.74) is 2.47. The Labute approximate surface area is 123 Å². The Morgan fingerprint density at radius 3 is 2.30 bits per heavy atom. The van der Waals surface area contributed by atoms with E-state index in [0.29, 0.717) is 18.4 Å². The SMILES string of the molecule is CC(C)Cc1ccc(CC(=O)NC2CCCCC2)cc1. The highest BCUT2D eigenvalue weighted by molar-refractivity contribution is 5.78. The van der Waals surface area contributed by atoms with Crippen LogP contribution in [0.5, 0.6) is 0 Å². The summed E-state index contributed by atoms with van der Waals surface area (Å²) in [4.78, 5) is 12.0. The molecule has 2 nitrogen and oxygen atoms in total. The molecule has 1 amide bonds. The summed E-state index contributed by atoms with van der Waals surface area (Å²) in [6, 6.07) is 8.92. The number of nitrogens with one attached hydrogen (secondary N) is 1. The fourth-order valence-corrected chi connectivity index (χ4v) is 2.98. The van der Waals surface area contributed by atoms with Gasteiger partial charge in [-0.2, -0.15) is 0 Å². The summed E-state index contributed by atoms with van der Waals surface area (Å²) < 4.78 is 0. The molecular weight excluding hydrogens is 246 g/mol. The van der Waals surface area contributed by atoms with Crippen LogP contribution in [0.4, 0.5) is 0 Å². The van der Waals surface area contributed by atoms with Crippen molar-refractivity contribution < 1.29 is 4.79 Å². The topological polar surface area (TPSA) is 29.1 Å². The quantitative estimate of drug-likeness (QED) is 0.866. The fraction of sp³-hybridized carbons (Fsp3) is 0.611. The Bertz CT molecular complexity index is 416. The van der Waals surface area contributed by atoms with Gasteiger partial charge in [-0.1, -0.05) is 57.4 Å². The standard InChI is InChI=1S/C18H27NO/c1-14(2)12-15-8-10-16(11-9-15)13-18(20)19-17-6-4-3-5-7-17/h8-11,14,17H,3-7,12-13H2,1-2H3,(H,19,20). The molecule has 20 heavy (non-hydrogen) atoms. The van der Waals surface area contributed by atoms with Crippen molar-refractivity contribution in [2.75, 3.05) is 0 Å². The zero-order valence-corrected chi connectivity index (χ0v) is 12.8. The molecule has 0 aromatic heterocycles. The van der Waals surface area contributed by atoms with Crippen molar-refractivity contribution >= 4 is 5.91 Å². The molecule has 1 aliphatic carbocycles. The molecule has 0 radical (unpaired) electrons. The molecule has 2 rings (SSSR count). The van der Waals surface area contributed by atoms with Crippen LogP contribution in [0.3, 0.4) is 0 Å². The first kappa shape index (κ1) is 15.1. The smallest absolute Gasteiger partial charge is 0.224 e. The predicted octanol–water partition coefficient (Wildman–Crippen LogP) is 3.88. The van der Waals surface area contributed by atoms with E-state index in [1.54, 1.807) is 0 Å². The van der Waals surface area contributed by atoms with Gasteiger partial charge in [0.25, 0.3) is 0 Å². The minimum absolute atomic E-state index is 0.175. The lowest BCUT2D eigenvalue weighted by Crippen LogP contribution is -2.37. The molecule has 0 saturated heterocycles. The summed E-state index contributed by atoms with van der Waals surface area (Å²) in [5.74, 6) is 0.851. The van der Waals surface area contributed by atoms with Crippen molar-refractivity contribution in [3.63, 3.8) is 0 Å². The van der Waals surface area contributed by atoms with Crippen LogP contribution >= 0.6 is 0 Å². The van der Waals surface area contributed by atoms with Gasteiger partial charge in [0.1, 0.15) is 0 Å². The maximum Gasteiger partial charge on any atom is 0.224 e. The Balaban J connectivity index is 1.81. The van der Waals surface area contributed by atoms with E-state index in [1.807, 2.05) is 0 Å². The van der Waals surface area contributed by atoms with Crippen LogP contribution < -0.4 is 5.32 Å². The van der Waals surface area contributed by atoms with Crippen LogP contribution in [0.25, 0.3) is 0 Å². The van der Waals surface area contributed by atoms with E-state index in [1.165, 1.54) is 24.8 Å². The second-order valence-corrected chi connectivity index (χ2v) is 6.49. The molecule has 1 aromatic carbocycles. The average molecular weight is 273 g/mol. The van der Waals surface area contributed by atoms with E-state index in [0.717, 1.165) is 24.8 Å². The van der Waals surface area contributed by atoms with Crippen molar-refractivity contribution in [3.05, 3.63) is 35.4 Å². The molecule has 1 aromatic rings. The second kappa shape index (κ2) is 7.47. The Hall–Kier alpha value is -1.31. The van der Waals surface area contributed by atoms with Gasteiger partial charge in [0.2, 0.25) is 5.91 Å². The van der Waals surface area contributed by atoms with E-state index in [-0.39, 0.29) is 5.91 Å². The molecule has 0 aliphatic heterocycles. The van der Waals surface area contributed by atoms with Gasteiger partial charge in [-0.25, -0.2) is 0 Å². The van der Waals surface area contributed by atoms with Gasteiger partial charge >= 0.3 is 0 Å². The van der Waals surface area contributed by atoms with Crippen molar-refractivity contribution in [2.45, 2.75) is 64.8 Å². The Morgan fingerprint density at radius 1 is 1.10 bits per heavy atom. The van der Waals surface area contributed by atoms with Gasteiger partial charge in [-0.15, -0.1) is 0 Å². The van der Waals surface area contributed by atoms with Gasteiger partial charge in [-0.05, 0) is 36.3 Å². The van der Waals surface area contributed by atoms with Crippen molar-refractivity contribution in [2.24, 2.45) is 5.92 Å². The normalized spacial score (nSPS) is 16.4. The van der Waals surface area contributed by atoms with E-state index in [9.17, 15) is 4.79 Å². The first-order valence-corrected chi connectivity index (χ1v) is 8.00. The third kappa shape index (κ3) is 4.99. The molecule has 0 heterocycles. The first-order valence-electron chi connectivity index (χ1n) is 8.00. The summed E-state index contributed by atoms with van der Waals surface area (Å²) in [7, 11) is 0. The highest BCUT2D eigenvalue weighted by Crippen LogP contribution is 2.17. The Kier molecular flexibility index (Phi) is 5.63. The molecule has 2 heteroatoms. The van der Waals surface area contributed by atoms with E-state index in [2.05, 4.69) is 43.4 Å². The van der Waals surface area contributed by atoms with E-state index < -0.39 is 0 Å². The number of carbonyl (C=O) groups is 1. The highest BCUT2D eigenvalue weighted by atomic mass is 16.1. The molecular formula is C18H27NO. The predicted molar refractivity (Wildman–Crippen MR) is 83.7 cm³/mol. The number of hydrogen-bond acceptors (Lipinski definition) is 1. The number of carbonyl (C=O) groups excluding carboxylic acids is 1. The minimum Gasteiger partial charge on any atom is -0.353 e. The van der Waals surface area contributed by atoms with Gasteiger partial charge in [0.15, 0.2) is 0 Å². The number of hydrogen-bond donors (Lipinski definition) is 1. The summed E-state index contributed by atoms with van der Waals surface area (Å²) >= 11 is 0. The molecule has 1 fully saturated rings. The number of amides is 1. The zero-order valence-electron chi connectivity index (χ0n) is 12.8. The lowest BCUT2D eigenvalue weighted by atomic mass is 9.95. The molecule has 0 spiro atoms. The molecule has 1 saturated carbocycles. The number of benzene rings is 1. The van der Waals surface area contributed by atoms with Crippen LogP contribution in [-0.4, -0.2) is 11.9 Å². The average Bonchev–Trinajstić information content (AvgIpc) is 2.41. The maximum atomic E-state index is 12.0. The first-order chi connectivity index (χ1) is 9.63. The van der Waals surface area contributed by atoms with Crippen LogP contribution in [0.2, 0.25) is 0 Å². The van der Waals surface area contributed by atoms with Gasteiger partial charge in [0, 0.05) is 6.04 Å². The van der Waals surface area contributed by atoms with Crippen molar-refractivity contribution in [1.82, 2.24) is 5.32 Å². The minimum atomic E-state index is 0.175. The van der Waals surface area contributed by atoms with Crippen molar-refractivity contribution in [3.8, 4) is 0 Å². The van der Waals surface area contributed by atoms with Gasteiger partial charge in [0.05, 0.1) is 6.42 Å². The lowest BCUT2D eigenvalue weighted by molar-refractivity contribution is -0.121. The van der Waals surface area contributed by atoms with Crippen LogP contribution in [-0.2, 0) is 17.6 Å². The molecule has 0 atom stereocenters. The van der Waals surface area contributed by atoms with Crippen LogP contribution in [0, 0.1) is 5.92 Å². The monoisotopic (exact) mass is 273 g/mol. The van der Waals surface area contributed by atoms with Gasteiger partial charge < -0.3 is 5.32 Å². The third-order valence-corrected chi connectivity index (χ3v) is 4.00. The van der Waals surface area contributed by atoms with Crippen LogP contribution in [0.15, 0.2) is 24.3 Å². The maximum absolute atomic E-state index is 12.0. The number of rotatable bonds is 5. The third-order valence-electron chi connectivity index (χ3n) is 4.00. The molecule has 110 valence electrons. The summed E-state index contributed by atoms with van der Waals surface area (Å²) in [5, 5.41) is 3.18. The fourth-order valence-electron chi connectivity index (χ4n) is 2.98. The lowest BCUT2D eigenvalue weighted by Gasteiger charge is -2.22. The molecule has 1 aliphatic rings. The molecule has 1 N–H and O–H groups in total.